The van der Waals surface area contributed by atoms with Gasteiger partial charge < -0.3 is 25.4 Å². The number of aryl methyl sites for hydroxylation is 1. The fraction of sp³-hybridized carbons (Fsp3) is 0.448. The number of anilines is 2. The van der Waals surface area contributed by atoms with Crippen LogP contribution in [0.2, 0.25) is 0 Å². The third-order valence-electron chi connectivity index (χ3n) is 7.38. The number of amides is 3. The second kappa shape index (κ2) is 13.4. The van der Waals surface area contributed by atoms with Gasteiger partial charge in [0.15, 0.2) is 5.82 Å². The maximum absolute atomic E-state index is 12.7. The van der Waals surface area contributed by atoms with E-state index in [-0.39, 0.29) is 37.7 Å². The van der Waals surface area contributed by atoms with E-state index >= 15 is 0 Å². The minimum Gasteiger partial charge on any atom is -0.469 e. The van der Waals surface area contributed by atoms with Crippen LogP contribution in [0.1, 0.15) is 25.8 Å². The van der Waals surface area contributed by atoms with Crippen molar-refractivity contribution in [3.8, 4) is 0 Å². The summed E-state index contributed by atoms with van der Waals surface area (Å²) in [6.45, 7) is 7.17. The van der Waals surface area contributed by atoms with Gasteiger partial charge in [-0.1, -0.05) is 36.4 Å². The number of benzene rings is 2. The number of carbonyl (C=O) groups is 3. The lowest BCUT2D eigenvalue weighted by molar-refractivity contribution is -0.140. The number of urea groups is 1. The van der Waals surface area contributed by atoms with Crippen LogP contribution in [0.5, 0.6) is 0 Å². The minimum absolute atomic E-state index is 0.00380. The van der Waals surface area contributed by atoms with Crippen LogP contribution in [-0.4, -0.2) is 89.6 Å². The molecular formula is C29H39N7O5. The Morgan fingerprint density at radius 2 is 1.78 bits per heavy atom. The Hall–Kier alpha value is -4.32. The van der Waals surface area contributed by atoms with Crippen molar-refractivity contribution >= 4 is 40.5 Å². The van der Waals surface area contributed by atoms with Gasteiger partial charge >= 0.3 is 18.1 Å². The molecule has 1 saturated heterocycles. The first-order chi connectivity index (χ1) is 19.7. The van der Waals surface area contributed by atoms with E-state index in [9.17, 15) is 14.4 Å². The number of fused-ring (bicyclic) bond motifs is 1. The van der Waals surface area contributed by atoms with Gasteiger partial charge in [-0.05, 0) is 31.5 Å². The minimum atomic E-state index is -0.696. The van der Waals surface area contributed by atoms with E-state index in [1.165, 1.54) is 12.0 Å². The summed E-state index contributed by atoms with van der Waals surface area (Å²) in [4.78, 5) is 42.0. The lowest BCUT2D eigenvalue weighted by Gasteiger charge is -2.44. The van der Waals surface area contributed by atoms with E-state index in [2.05, 4.69) is 29.2 Å². The number of nitrogens with two attached hydrogens (primary N) is 1. The second-order valence-electron chi connectivity index (χ2n) is 10.3. The van der Waals surface area contributed by atoms with Crippen LogP contribution in [0.4, 0.5) is 21.1 Å². The zero-order chi connectivity index (χ0) is 29.5. The van der Waals surface area contributed by atoms with Crippen molar-refractivity contribution in [3.63, 3.8) is 0 Å². The number of piperazine rings is 1. The molecule has 3 N–H and O–H groups in total. The number of hydrogen-bond donors (Lipinski definition) is 2. The number of carbonyl (C=O) groups excluding carboxylic acids is 3. The van der Waals surface area contributed by atoms with Crippen LogP contribution in [-0.2, 0) is 27.9 Å². The fourth-order valence-electron chi connectivity index (χ4n) is 5.36. The SMILES string of the molecule is COC(=O)CCN(C(N)=O)c1nn(C)c2c(NCCN3[C@H](C)CN(C(=O)OCc4ccccc4)C[C@@H]3C)cccc12. The first kappa shape index (κ1) is 29.7. The van der Waals surface area contributed by atoms with E-state index in [0.717, 1.165) is 28.7 Å². The number of aromatic nitrogens is 2. The van der Waals surface area contributed by atoms with Crippen molar-refractivity contribution in [2.24, 2.45) is 12.8 Å². The van der Waals surface area contributed by atoms with Gasteiger partial charge in [0.2, 0.25) is 0 Å². The molecule has 1 aliphatic rings. The molecule has 1 aromatic heterocycles. The van der Waals surface area contributed by atoms with Crippen molar-refractivity contribution in [1.82, 2.24) is 19.6 Å². The van der Waals surface area contributed by atoms with Crippen LogP contribution in [0.25, 0.3) is 10.9 Å². The molecule has 220 valence electrons. The number of rotatable bonds is 10. The Labute approximate surface area is 239 Å². The number of esters is 1. The van der Waals surface area contributed by atoms with E-state index in [0.29, 0.717) is 25.5 Å². The van der Waals surface area contributed by atoms with Crippen LogP contribution < -0.4 is 16.0 Å². The summed E-state index contributed by atoms with van der Waals surface area (Å²) in [5.41, 5.74) is 8.27. The molecule has 0 spiro atoms. The molecule has 12 heteroatoms. The lowest BCUT2D eigenvalue weighted by Crippen LogP contribution is -2.58. The first-order valence-electron chi connectivity index (χ1n) is 13.7. The molecule has 0 bridgehead atoms. The van der Waals surface area contributed by atoms with E-state index in [4.69, 9.17) is 15.2 Å². The standard InChI is InChI=1S/C29H39N7O5/c1-20-17-34(29(39)41-19-22-9-6-5-7-10-22)18-21(2)35(20)16-14-31-24-12-8-11-23-26(24)33(3)32-27(23)36(28(30)38)15-13-25(37)40-4/h5-12,20-21,31H,13-19H2,1-4H3,(H2,30,38)/t20-,21+. The number of methoxy groups -OCH3 is 1. The molecular weight excluding hydrogens is 526 g/mol. The van der Waals surface area contributed by atoms with Crippen LogP contribution in [0.3, 0.4) is 0 Å². The Balaban J connectivity index is 1.37. The maximum atomic E-state index is 12.7. The summed E-state index contributed by atoms with van der Waals surface area (Å²) in [6, 6.07) is 15.0. The molecule has 2 aromatic carbocycles. The summed E-state index contributed by atoms with van der Waals surface area (Å²) in [5, 5.41) is 8.80. The van der Waals surface area contributed by atoms with E-state index in [1.54, 1.807) is 16.6 Å². The molecule has 41 heavy (non-hydrogen) atoms. The van der Waals surface area contributed by atoms with Crippen molar-refractivity contribution in [3.05, 3.63) is 54.1 Å². The zero-order valence-corrected chi connectivity index (χ0v) is 24.1. The predicted molar refractivity (Wildman–Crippen MR) is 157 cm³/mol. The van der Waals surface area contributed by atoms with Gasteiger partial charge in [-0.15, -0.1) is 0 Å². The maximum Gasteiger partial charge on any atom is 0.410 e. The highest BCUT2D eigenvalue weighted by Crippen LogP contribution is 2.31. The molecule has 1 fully saturated rings. The quantitative estimate of drug-likeness (QED) is 0.358. The van der Waals surface area contributed by atoms with Gasteiger partial charge in [0, 0.05) is 57.2 Å². The number of hydrogen-bond acceptors (Lipinski definition) is 8. The third-order valence-corrected chi connectivity index (χ3v) is 7.38. The molecule has 2 heterocycles. The summed E-state index contributed by atoms with van der Waals surface area (Å²) < 4.78 is 11.9. The Kier molecular flexibility index (Phi) is 9.66. The third kappa shape index (κ3) is 7.07. The highest BCUT2D eigenvalue weighted by atomic mass is 16.6. The number of primary amides is 1. The largest absolute Gasteiger partial charge is 0.469 e. The molecule has 3 aromatic rings. The van der Waals surface area contributed by atoms with Crippen molar-refractivity contribution in [1.29, 1.82) is 0 Å². The number of nitrogens with one attached hydrogen (secondary N) is 1. The van der Waals surface area contributed by atoms with Crippen LogP contribution in [0, 0.1) is 0 Å². The zero-order valence-electron chi connectivity index (χ0n) is 24.1. The molecule has 0 saturated carbocycles. The molecule has 0 unspecified atom stereocenters. The predicted octanol–water partition coefficient (Wildman–Crippen LogP) is 3.16. The summed E-state index contributed by atoms with van der Waals surface area (Å²) in [7, 11) is 3.10. The van der Waals surface area contributed by atoms with Gasteiger partial charge in [-0.2, -0.15) is 5.10 Å². The van der Waals surface area contributed by atoms with Crippen molar-refractivity contribution in [2.45, 2.75) is 39.0 Å². The highest BCUT2D eigenvalue weighted by Gasteiger charge is 2.32. The van der Waals surface area contributed by atoms with Gasteiger partial charge in [0.25, 0.3) is 0 Å². The lowest BCUT2D eigenvalue weighted by atomic mass is 10.1. The van der Waals surface area contributed by atoms with Crippen LogP contribution >= 0.6 is 0 Å². The second-order valence-corrected chi connectivity index (χ2v) is 10.3. The Morgan fingerprint density at radius 3 is 2.44 bits per heavy atom. The van der Waals surface area contributed by atoms with Crippen LogP contribution in [0.15, 0.2) is 48.5 Å². The molecule has 2 atom stereocenters. The smallest absolute Gasteiger partial charge is 0.410 e. The van der Waals surface area contributed by atoms with Gasteiger partial charge in [-0.3, -0.25) is 19.3 Å². The van der Waals surface area contributed by atoms with E-state index < -0.39 is 12.0 Å². The molecule has 4 rings (SSSR count). The van der Waals surface area contributed by atoms with Gasteiger partial charge in [0.05, 0.1) is 24.7 Å². The molecule has 12 nitrogen and oxygen atoms in total. The van der Waals surface area contributed by atoms with E-state index in [1.807, 2.05) is 48.5 Å². The molecule has 1 aliphatic heterocycles. The summed E-state index contributed by atoms with van der Waals surface area (Å²) >= 11 is 0. The molecule has 3 amide bonds. The monoisotopic (exact) mass is 565 g/mol. The highest BCUT2D eigenvalue weighted by molar-refractivity contribution is 6.04. The number of ether oxygens (including phenoxy) is 2. The average molecular weight is 566 g/mol. The average Bonchev–Trinajstić information content (AvgIpc) is 3.29. The topological polar surface area (TPSA) is 135 Å². The van der Waals surface area contributed by atoms with Crippen molar-refractivity contribution < 1.29 is 23.9 Å². The van der Waals surface area contributed by atoms with Crippen molar-refractivity contribution in [2.75, 3.05) is 50.1 Å². The van der Waals surface area contributed by atoms with Gasteiger partial charge in [-0.25, -0.2) is 9.59 Å². The molecule has 0 radical (unpaired) electrons. The van der Waals surface area contributed by atoms with Gasteiger partial charge in [0.1, 0.15) is 6.61 Å². The fourth-order valence-corrected chi connectivity index (χ4v) is 5.36. The normalized spacial score (nSPS) is 17.3. The Bertz CT molecular complexity index is 1350. The Morgan fingerprint density at radius 1 is 1.07 bits per heavy atom. The first-order valence-corrected chi connectivity index (χ1v) is 13.7. The summed E-state index contributed by atoms with van der Waals surface area (Å²) in [6.07, 6.45) is -0.287. The number of para-hydroxylation sites is 1. The summed E-state index contributed by atoms with van der Waals surface area (Å²) in [5.74, 6) is -0.0488. The molecule has 0 aliphatic carbocycles. The number of nitrogens with zero attached hydrogens (tertiary/aromatic N) is 5.